The van der Waals surface area contributed by atoms with Crippen molar-refractivity contribution in [3.63, 3.8) is 0 Å². The van der Waals surface area contributed by atoms with Crippen LogP contribution in [0.2, 0.25) is 0 Å². The first-order valence-corrected chi connectivity index (χ1v) is 15.1. The summed E-state index contributed by atoms with van der Waals surface area (Å²) in [6.45, 7) is 6.84. The summed E-state index contributed by atoms with van der Waals surface area (Å²) >= 11 is 0. The first-order chi connectivity index (χ1) is 20.8. The van der Waals surface area contributed by atoms with Gasteiger partial charge >= 0.3 is 6.03 Å². The van der Waals surface area contributed by atoms with Gasteiger partial charge in [0.2, 0.25) is 0 Å². The van der Waals surface area contributed by atoms with Crippen molar-refractivity contribution >= 4 is 11.9 Å². The Bertz CT molecular complexity index is 1690. The Labute approximate surface area is 255 Å². The highest BCUT2D eigenvalue weighted by molar-refractivity contribution is 6.09. The number of amides is 3. The van der Waals surface area contributed by atoms with Gasteiger partial charge in [0.05, 0.1) is 17.3 Å². The highest BCUT2D eigenvalue weighted by Gasteiger charge is 2.60. The summed E-state index contributed by atoms with van der Waals surface area (Å²) in [6, 6.07) is 9.21. The molecule has 3 fully saturated rings. The van der Waals surface area contributed by atoms with Crippen LogP contribution >= 0.6 is 0 Å². The van der Waals surface area contributed by atoms with E-state index in [0.717, 1.165) is 0 Å². The summed E-state index contributed by atoms with van der Waals surface area (Å²) in [4.78, 5) is 40.6. The zero-order chi connectivity index (χ0) is 31.6. The fourth-order valence-corrected chi connectivity index (χ4v) is 6.36. The SMILES string of the molecule is Cc1cc(F)cc(C)c1Oc1ccc(C(C)(C)O)cc1-c1c(OC2CCC(N3C(=O)NC4(CC4)C3=O)CC2)ccn(C)c1=O. The molecular weight excluding hydrogens is 565 g/mol. The van der Waals surface area contributed by atoms with E-state index in [9.17, 15) is 23.9 Å². The van der Waals surface area contributed by atoms with Crippen LogP contribution in [0.5, 0.6) is 17.2 Å². The fraction of sp³-hybridized carbons (Fsp3) is 0.441. The van der Waals surface area contributed by atoms with Gasteiger partial charge in [0, 0.05) is 24.8 Å². The normalized spacial score (nSPS) is 21.0. The van der Waals surface area contributed by atoms with E-state index in [-0.39, 0.29) is 41.0 Å². The van der Waals surface area contributed by atoms with Gasteiger partial charge < -0.3 is 24.5 Å². The number of aryl methyl sites for hydroxylation is 3. The van der Waals surface area contributed by atoms with Crippen LogP contribution in [0.1, 0.15) is 69.1 Å². The lowest BCUT2D eigenvalue weighted by molar-refractivity contribution is -0.130. The van der Waals surface area contributed by atoms with Crippen LogP contribution in [0.15, 0.2) is 47.4 Å². The molecule has 232 valence electrons. The molecule has 2 aliphatic carbocycles. The molecule has 3 aromatic rings. The maximum Gasteiger partial charge on any atom is 0.325 e. The number of aliphatic hydroxyl groups is 1. The van der Waals surface area contributed by atoms with Gasteiger partial charge in [-0.2, -0.15) is 0 Å². The Balaban J connectivity index is 1.32. The molecule has 0 bridgehead atoms. The van der Waals surface area contributed by atoms with Crippen molar-refractivity contribution in [3.05, 3.63) is 75.5 Å². The number of pyridine rings is 1. The van der Waals surface area contributed by atoms with E-state index in [4.69, 9.17) is 9.47 Å². The van der Waals surface area contributed by atoms with Crippen LogP contribution in [-0.4, -0.2) is 44.2 Å². The first-order valence-electron chi connectivity index (χ1n) is 15.1. The largest absolute Gasteiger partial charge is 0.490 e. The number of nitrogens with one attached hydrogen (secondary N) is 1. The smallest absolute Gasteiger partial charge is 0.325 e. The second-order valence-corrected chi connectivity index (χ2v) is 12.9. The number of halogens is 1. The minimum absolute atomic E-state index is 0.119. The molecule has 3 amide bonds. The summed E-state index contributed by atoms with van der Waals surface area (Å²) in [5.74, 6) is 0.722. The third kappa shape index (κ3) is 5.36. The summed E-state index contributed by atoms with van der Waals surface area (Å²) in [5, 5.41) is 13.7. The van der Waals surface area contributed by atoms with E-state index in [0.29, 0.717) is 78.0 Å². The molecule has 0 unspecified atom stereocenters. The van der Waals surface area contributed by atoms with E-state index in [1.54, 1.807) is 65.2 Å². The number of urea groups is 1. The summed E-state index contributed by atoms with van der Waals surface area (Å²) < 4.78 is 28.4. The average molecular weight is 604 g/mol. The minimum atomic E-state index is -1.20. The Morgan fingerprint density at radius 2 is 1.64 bits per heavy atom. The lowest BCUT2D eigenvalue weighted by Gasteiger charge is -2.33. The molecule has 1 spiro atoms. The fourth-order valence-electron chi connectivity index (χ4n) is 6.36. The summed E-state index contributed by atoms with van der Waals surface area (Å²) in [7, 11) is 1.65. The molecular formula is C34H38FN3O6. The molecule has 1 aliphatic heterocycles. The molecule has 0 radical (unpaired) electrons. The van der Waals surface area contributed by atoms with E-state index >= 15 is 0 Å². The molecule has 3 aliphatic rings. The van der Waals surface area contributed by atoms with Crippen molar-refractivity contribution in [2.24, 2.45) is 7.05 Å². The van der Waals surface area contributed by atoms with E-state index in [2.05, 4.69) is 5.32 Å². The van der Waals surface area contributed by atoms with E-state index in [1.165, 1.54) is 21.6 Å². The van der Waals surface area contributed by atoms with Gasteiger partial charge in [-0.1, -0.05) is 6.07 Å². The standard InChI is InChI=1S/C34H38FN3O6/c1-19-16-22(35)17-20(2)29(19)44-26-11-6-21(33(3,4)42)18-25(26)28-27(12-15-37(5)30(28)39)43-24-9-7-23(8-10-24)38-31(40)34(13-14-34)36-32(38)41/h6,11-12,15-18,23-24,42H,7-10,13-14H2,1-5H3,(H,36,41). The van der Waals surface area contributed by atoms with Crippen LogP contribution in [-0.2, 0) is 17.4 Å². The molecule has 1 saturated heterocycles. The van der Waals surface area contributed by atoms with Gasteiger partial charge in [-0.15, -0.1) is 0 Å². The average Bonchev–Trinajstić information content (AvgIpc) is 3.69. The van der Waals surface area contributed by atoms with Gasteiger partial charge in [0.1, 0.15) is 28.6 Å². The minimum Gasteiger partial charge on any atom is -0.490 e. The maximum atomic E-state index is 14.1. The lowest BCUT2D eigenvalue weighted by atomic mass is 9.91. The second-order valence-electron chi connectivity index (χ2n) is 12.9. The van der Waals surface area contributed by atoms with Gasteiger partial charge in [0.25, 0.3) is 11.5 Å². The van der Waals surface area contributed by atoms with E-state index in [1.807, 2.05) is 0 Å². The topological polar surface area (TPSA) is 110 Å². The molecule has 2 aromatic carbocycles. The van der Waals surface area contributed by atoms with Gasteiger partial charge in [-0.3, -0.25) is 14.5 Å². The number of carbonyl (C=O) groups excluding carboxylic acids is 2. The number of rotatable bonds is 7. The van der Waals surface area contributed by atoms with Crippen molar-refractivity contribution in [3.8, 4) is 28.4 Å². The molecule has 1 aromatic heterocycles. The van der Waals surface area contributed by atoms with Crippen molar-refractivity contribution in [2.45, 2.75) is 89.5 Å². The van der Waals surface area contributed by atoms with Crippen molar-refractivity contribution < 1.29 is 28.6 Å². The Hall–Kier alpha value is -4.18. The lowest BCUT2D eigenvalue weighted by Crippen LogP contribution is -2.44. The Morgan fingerprint density at radius 3 is 2.23 bits per heavy atom. The predicted molar refractivity (Wildman–Crippen MR) is 162 cm³/mol. The van der Waals surface area contributed by atoms with Gasteiger partial charge in [-0.25, -0.2) is 9.18 Å². The van der Waals surface area contributed by atoms with Gasteiger partial charge in [-0.05, 0) is 113 Å². The van der Waals surface area contributed by atoms with Crippen LogP contribution in [0, 0.1) is 19.7 Å². The Morgan fingerprint density at radius 1 is 0.977 bits per heavy atom. The molecule has 9 nitrogen and oxygen atoms in total. The molecule has 6 rings (SSSR count). The highest BCUT2D eigenvalue weighted by atomic mass is 19.1. The number of nitrogens with zero attached hydrogens (tertiary/aromatic N) is 2. The second kappa shape index (κ2) is 10.8. The molecule has 44 heavy (non-hydrogen) atoms. The zero-order valence-corrected chi connectivity index (χ0v) is 25.7. The molecule has 10 heteroatoms. The number of hydrogen-bond donors (Lipinski definition) is 2. The number of benzene rings is 2. The van der Waals surface area contributed by atoms with Crippen LogP contribution < -0.4 is 20.3 Å². The maximum absolute atomic E-state index is 14.1. The van der Waals surface area contributed by atoms with Crippen LogP contribution in [0.25, 0.3) is 11.1 Å². The molecule has 0 atom stereocenters. The molecule has 2 saturated carbocycles. The number of carbonyl (C=O) groups is 2. The Kier molecular flexibility index (Phi) is 7.31. The summed E-state index contributed by atoms with van der Waals surface area (Å²) in [5.41, 5.74) is 0.312. The highest BCUT2D eigenvalue weighted by Crippen LogP contribution is 2.44. The van der Waals surface area contributed by atoms with Crippen molar-refractivity contribution in [2.75, 3.05) is 0 Å². The first kappa shape index (κ1) is 29.9. The third-order valence-electron chi connectivity index (χ3n) is 9.07. The summed E-state index contributed by atoms with van der Waals surface area (Å²) in [6.07, 6.45) is 5.20. The number of aromatic nitrogens is 1. The van der Waals surface area contributed by atoms with Crippen LogP contribution in [0.4, 0.5) is 9.18 Å². The van der Waals surface area contributed by atoms with Gasteiger partial charge in [0.15, 0.2) is 0 Å². The van der Waals surface area contributed by atoms with E-state index < -0.39 is 11.1 Å². The third-order valence-corrected chi connectivity index (χ3v) is 9.07. The number of ether oxygens (including phenoxy) is 2. The van der Waals surface area contributed by atoms with Crippen LogP contribution in [0.3, 0.4) is 0 Å². The van der Waals surface area contributed by atoms with Crippen molar-refractivity contribution in [1.29, 1.82) is 0 Å². The van der Waals surface area contributed by atoms with Crippen molar-refractivity contribution in [1.82, 2.24) is 14.8 Å². The molecule has 2 N–H and O–H groups in total. The monoisotopic (exact) mass is 603 g/mol. The predicted octanol–water partition coefficient (Wildman–Crippen LogP) is 5.60. The quantitative estimate of drug-likeness (QED) is 0.340. The number of hydrogen-bond acceptors (Lipinski definition) is 6. The molecule has 2 heterocycles. The number of imide groups is 1. The zero-order valence-electron chi connectivity index (χ0n) is 25.7.